The summed E-state index contributed by atoms with van der Waals surface area (Å²) in [4.78, 5) is 0. The normalized spacial score (nSPS) is 12.5. The quantitative estimate of drug-likeness (QED) is 0.758. The molecule has 0 unspecified atom stereocenters. The molecule has 1 aromatic rings. The van der Waals surface area contributed by atoms with Gasteiger partial charge in [-0.2, -0.15) is 0 Å². The van der Waals surface area contributed by atoms with Crippen molar-refractivity contribution in [2.45, 2.75) is 19.9 Å². The molecule has 0 spiro atoms. The van der Waals surface area contributed by atoms with E-state index in [2.05, 4.69) is 0 Å². The van der Waals surface area contributed by atoms with Gasteiger partial charge in [-0.25, -0.2) is 4.39 Å². The molecule has 90 valence electrons. The van der Waals surface area contributed by atoms with Crippen LogP contribution >= 0.6 is 0 Å². The molecule has 0 fully saturated rings. The van der Waals surface area contributed by atoms with Crippen LogP contribution in [0.25, 0.3) is 0 Å². The van der Waals surface area contributed by atoms with Crippen LogP contribution in [0.4, 0.5) is 4.39 Å². The molecule has 0 amide bonds. The van der Waals surface area contributed by atoms with Gasteiger partial charge in [0, 0.05) is 24.3 Å². The van der Waals surface area contributed by atoms with Gasteiger partial charge in [-0.05, 0) is 19.9 Å². The van der Waals surface area contributed by atoms with Gasteiger partial charge in [0.1, 0.15) is 18.2 Å². The van der Waals surface area contributed by atoms with Gasteiger partial charge in [0.2, 0.25) is 0 Å². The molecule has 0 saturated heterocycles. The average molecular weight is 227 g/mol. The number of halogens is 1. The van der Waals surface area contributed by atoms with Crippen molar-refractivity contribution >= 4 is 0 Å². The smallest absolute Gasteiger partial charge is 0.131 e. The summed E-state index contributed by atoms with van der Waals surface area (Å²) in [6, 6.07) is 4.41. The van der Waals surface area contributed by atoms with Crippen LogP contribution in [-0.2, 0) is 4.74 Å². The predicted octanol–water partition coefficient (Wildman–Crippen LogP) is 2.26. The Morgan fingerprint density at radius 2 is 2.12 bits per heavy atom. The molecule has 0 saturated carbocycles. The van der Waals surface area contributed by atoms with Crippen LogP contribution in [-0.4, -0.2) is 19.8 Å². The molecule has 0 aromatic heterocycles. The van der Waals surface area contributed by atoms with E-state index in [0.717, 1.165) is 0 Å². The van der Waals surface area contributed by atoms with E-state index in [0.29, 0.717) is 31.1 Å². The number of hydrogen-bond acceptors (Lipinski definition) is 3. The van der Waals surface area contributed by atoms with Crippen LogP contribution < -0.4 is 10.5 Å². The van der Waals surface area contributed by atoms with Crippen molar-refractivity contribution in [3.05, 3.63) is 29.6 Å². The van der Waals surface area contributed by atoms with Crippen molar-refractivity contribution in [1.29, 1.82) is 0 Å². The molecule has 0 aliphatic carbocycles. The molecule has 0 bridgehead atoms. The Morgan fingerprint density at radius 3 is 2.69 bits per heavy atom. The monoisotopic (exact) mass is 227 g/mol. The fourth-order valence-electron chi connectivity index (χ4n) is 1.33. The summed E-state index contributed by atoms with van der Waals surface area (Å²) < 4.78 is 23.9. The molecule has 0 heterocycles. The molecule has 1 aromatic carbocycles. The lowest BCUT2D eigenvalue weighted by Gasteiger charge is -2.10. The Labute approximate surface area is 95.4 Å². The van der Waals surface area contributed by atoms with Crippen molar-refractivity contribution in [3.63, 3.8) is 0 Å². The summed E-state index contributed by atoms with van der Waals surface area (Å²) in [6.07, 6.45) is 0. The van der Waals surface area contributed by atoms with Crippen LogP contribution in [0.1, 0.15) is 25.5 Å². The third kappa shape index (κ3) is 3.79. The minimum absolute atomic E-state index is 0.308. The summed E-state index contributed by atoms with van der Waals surface area (Å²) in [5.74, 6) is 0.172. The number of hydrogen-bond donors (Lipinski definition) is 1. The molecule has 0 aliphatic heterocycles. The van der Waals surface area contributed by atoms with Crippen molar-refractivity contribution < 1.29 is 13.9 Å². The zero-order chi connectivity index (χ0) is 12.0. The van der Waals surface area contributed by atoms with Crippen molar-refractivity contribution in [2.24, 2.45) is 5.73 Å². The third-order valence-electron chi connectivity index (χ3n) is 2.16. The maximum absolute atomic E-state index is 13.5. The topological polar surface area (TPSA) is 44.5 Å². The van der Waals surface area contributed by atoms with Crippen LogP contribution in [0.5, 0.6) is 5.75 Å². The zero-order valence-corrected chi connectivity index (χ0v) is 9.70. The van der Waals surface area contributed by atoms with Gasteiger partial charge in [-0.15, -0.1) is 0 Å². The van der Waals surface area contributed by atoms with Crippen molar-refractivity contribution in [1.82, 2.24) is 0 Å². The van der Waals surface area contributed by atoms with Gasteiger partial charge in [0.05, 0.1) is 6.61 Å². The molecule has 4 heteroatoms. The Balaban J connectivity index is 2.53. The zero-order valence-electron chi connectivity index (χ0n) is 9.70. The lowest BCUT2D eigenvalue weighted by molar-refractivity contribution is 0.110. The molecule has 0 aliphatic rings. The van der Waals surface area contributed by atoms with Gasteiger partial charge < -0.3 is 15.2 Å². The second kappa shape index (κ2) is 6.45. The first-order valence-electron chi connectivity index (χ1n) is 5.40. The maximum Gasteiger partial charge on any atom is 0.131 e. The molecule has 0 radical (unpaired) electrons. The molecular weight excluding hydrogens is 209 g/mol. The molecule has 1 atom stereocenters. The number of nitrogens with two attached hydrogens (primary N) is 1. The number of ether oxygens (including phenoxy) is 2. The SMILES string of the molecule is CCOCCOc1ccc([C@@H](C)N)c(F)c1. The van der Waals surface area contributed by atoms with E-state index < -0.39 is 0 Å². The Morgan fingerprint density at radius 1 is 1.38 bits per heavy atom. The summed E-state index contributed by atoms with van der Waals surface area (Å²) in [6.45, 7) is 5.24. The predicted molar refractivity (Wildman–Crippen MR) is 61.0 cm³/mol. The molecule has 2 N–H and O–H groups in total. The summed E-state index contributed by atoms with van der Waals surface area (Å²) >= 11 is 0. The standard InChI is InChI=1S/C12H18FNO2/c1-3-15-6-7-16-10-4-5-11(9(2)14)12(13)8-10/h4-5,8-9H,3,6-7,14H2,1-2H3/t9-/m1/s1. The third-order valence-corrected chi connectivity index (χ3v) is 2.16. The van der Waals surface area contributed by atoms with Gasteiger partial charge in [-0.3, -0.25) is 0 Å². The minimum atomic E-state index is -0.330. The molecule has 1 rings (SSSR count). The minimum Gasteiger partial charge on any atom is -0.491 e. The highest BCUT2D eigenvalue weighted by Crippen LogP contribution is 2.20. The molecular formula is C12H18FNO2. The van der Waals surface area contributed by atoms with Gasteiger partial charge in [0.15, 0.2) is 0 Å². The number of benzene rings is 1. The first kappa shape index (κ1) is 12.9. The Kier molecular flexibility index (Phi) is 5.22. The van der Waals surface area contributed by atoms with E-state index in [4.69, 9.17) is 15.2 Å². The summed E-state index contributed by atoms with van der Waals surface area (Å²) in [5.41, 5.74) is 6.10. The lowest BCUT2D eigenvalue weighted by Crippen LogP contribution is -2.09. The fraction of sp³-hybridized carbons (Fsp3) is 0.500. The average Bonchev–Trinajstić information content (AvgIpc) is 2.24. The van der Waals surface area contributed by atoms with Crippen LogP contribution in [0.2, 0.25) is 0 Å². The van der Waals surface area contributed by atoms with Crippen LogP contribution in [0, 0.1) is 5.82 Å². The van der Waals surface area contributed by atoms with E-state index in [9.17, 15) is 4.39 Å². The van der Waals surface area contributed by atoms with Crippen LogP contribution in [0.3, 0.4) is 0 Å². The summed E-state index contributed by atoms with van der Waals surface area (Å²) in [5, 5.41) is 0. The highest BCUT2D eigenvalue weighted by Gasteiger charge is 2.07. The van der Waals surface area contributed by atoms with Gasteiger partial charge in [-0.1, -0.05) is 6.07 Å². The van der Waals surface area contributed by atoms with E-state index in [1.807, 2.05) is 6.92 Å². The van der Waals surface area contributed by atoms with Crippen molar-refractivity contribution in [2.75, 3.05) is 19.8 Å². The van der Waals surface area contributed by atoms with E-state index in [1.54, 1.807) is 19.1 Å². The first-order valence-corrected chi connectivity index (χ1v) is 5.40. The second-order valence-electron chi connectivity index (χ2n) is 3.52. The largest absolute Gasteiger partial charge is 0.491 e. The second-order valence-corrected chi connectivity index (χ2v) is 3.52. The number of rotatable bonds is 6. The summed E-state index contributed by atoms with van der Waals surface area (Å²) in [7, 11) is 0. The highest BCUT2D eigenvalue weighted by atomic mass is 19.1. The fourth-order valence-corrected chi connectivity index (χ4v) is 1.33. The van der Waals surface area contributed by atoms with Crippen LogP contribution in [0.15, 0.2) is 18.2 Å². The first-order chi connectivity index (χ1) is 7.65. The van der Waals surface area contributed by atoms with Gasteiger partial charge >= 0.3 is 0 Å². The van der Waals surface area contributed by atoms with E-state index in [-0.39, 0.29) is 11.9 Å². The maximum atomic E-state index is 13.5. The molecule has 3 nitrogen and oxygen atoms in total. The van der Waals surface area contributed by atoms with Crippen molar-refractivity contribution in [3.8, 4) is 5.75 Å². The Bertz CT molecular complexity index is 329. The van der Waals surface area contributed by atoms with E-state index in [1.165, 1.54) is 6.07 Å². The van der Waals surface area contributed by atoms with E-state index >= 15 is 0 Å². The molecule has 16 heavy (non-hydrogen) atoms. The lowest BCUT2D eigenvalue weighted by atomic mass is 10.1. The highest BCUT2D eigenvalue weighted by molar-refractivity contribution is 5.30. The van der Waals surface area contributed by atoms with Gasteiger partial charge in [0.25, 0.3) is 0 Å². The Hall–Kier alpha value is -1.13.